The molecule has 5 nitrogen and oxygen atoms in total. The zero-order valence-corrected chi connectivity index (χ0v) is 14.4. The van der Waals surface area contributed by atoms with Crippen molar-refractivity contribution >= 4 is 17.1 Å². The Morgan fingerprint density at radius 2 is 1.88 bits per heavy atom. The fraction of sp³-hybridized carbons (Fsp3) is 0.350. The van der Waals surface area contributed by atoms with Gasteiger partial charge < -0.3 is 10.3 Å². The number of hydrogen-bond acceptors (Lipinski definition) is 3. The number of benzene rings is 1. The number of aryl methyl sites for hydroxylation is 1. The Hall–Kier alpha value is -2.69. The van der Waals surface area contributed by atoms with Gasteiger partial charge in [-0.2, -0.15) is 0 Å². The van der Waals surface area contributed by atoms with Crippen LogP contribution in [0.2, 0.25) is 0 Å². The Kier molecular flexibility index (Phi) is 4.22. The van der Waals surface area contributed by atoms with E-state index in [1.165, 1.54) is 24.8 Å². The van der Waals surface area contributed by atoms with Gasteiger partial charge in [0.2, 0.25) is 0 Å². The highest BCUT2D eigenvalue weighted by Gasteiger charge is 2.19. The van der Waals surface area contributed by atoms with Crippen LogP contribution < -0.4 is 5.32 Å². The van der Waals surface area contributed by atoms with Gasteiger partial charge in [0.1, 0.15) is 5.82 Å². The van der Waals surface area contributed by atoms with Crippen LogP contribution in [0.25, 0.3) is 22.6 Å². The first kappa shape index (κ1) is 15.8. The number of amides is 1. The van der Waals surface area contributed by atoms with Crippen LogP contribution in [0.3, 0.4) is 0 Å². The van der Waals surface area contributed by atoms with Crippen LogP contribution in [-0.4, -0.2) is 26.9 Å². The Bertz CT molecular complexity index is 892. The van der Waals surface area contributed by atoms with Crippen molar-refractivity contribution in [2.24, 2.45) is 0 Å². The van der Waals surface area contributed by atoms with Crippen molar-refractivity contribution in [1.82, 2.24) is 20.3 Å². The minimum absolute atomic E-state index is 0.0431. The van der Waals surface area contributed by atoms with Gasteiger partial charge in [-0.15, -0.1) is 0 Å². The zero-order chi connectivity index (χ0) is 17.2. The molecule has 1 aliphatic rings. The lowest BCUT2D eigenvalue weighted by Crippen LogP contribution is -2.36. The molecule has 0 atom stereocenters. The number of hydrogen-bond donors (Lipinski definition) is 2. The fourth-order valence-corrected chi connectivity index (χ4v) is 3.46. The third-order valence-corrected chi connectivity index (χ3v) is 4.90. The summed E-state index contributed by atoms with van der Waals surface area (Å²) in [6, 6.07) is 10.2. The van der Waals surface area contributed by atoms with Crippen molar-refractivity contribution < 1.29 is 4.79 Å². The molecule has 2 aromatic heterocycles. The normalized spacial score (nSPS) is 15.4. The molecule has 0 saturated heterocycles. The number of aromatic nitrogens is 3. The molecular weight excluding hydrogens is 312 g/mol. The van der Waals surface area contributed by atoms with E-state index in [0.29, 0.717) is 16.7 Å². The second-order valence-corrected chi connectivity index (χ2v) is 6.82. The first-order valence-corrected chi connectivity index (χ1v) is 8.93. The molecule has 1 aromatic carbocycles. The van der Waals surface area contributed by atoms with Gasteiger partial charge in [0.05, 0.1) is 11.1 Å². The summed E-state index contributed by atoms with van der Waals surface area (Å²) in [7, 11) is 0. The molecule has 1 aliphatic carbocycles. The molecule has 4 rings (SSSR count). The number of pyridine rings is 1. The van der Waals surface area contributed by atoms with E-state index in [9.17, 15) is 4.79 Å². The molecule has 3 aromatic rings. The predicted octanol–water partition coefficient (Wildman–Crippen LogP) is 4.00. The van der Waals surface area contributed by atoms with E-state index in [0.717, 1.165) is 24.2 Å². The molecular formula is C20H22N4O. The Morgan fingerprint density at radius 3 is 2.64 bits per heavy atom. The van der Waals surface area contributed by atoms with Gasteiger partial charge in [0.15, 0.2) is 5.65 Å². The smallest absolute Gasteiger partial charge is 0.253 e. The maximum Gasteiger partial charge on any atom is 0.253 e. The highest BCUT2D eigenvalue weighted by atomic mass is 16.1. The summed E-state index contributed by atoms with van der Waals surface area (Å²) in [6.07, 6.45) is 7.44. The monoisotopic (exact) mass is 334 g/mol. The summed E-state index contributed by atoms with van der Waals surface area (Å²) in [5, 5.41) is 3.17. The van der Waals surface area contributed by atoms with E-state index in [-0.39, 0.29) is 11.9 Å². The van der Waals surface area contributed by atoms with Crippen LogP contribution in [0.15, 0.2) is 36.5 Å². The predicted molar refractivity (Wildman–Crippen MR) is 98.4 cm³/mol. The number of nitrogens with zero attached hydrogens (tertiary/aromatic N) is 2. The van der Waals surface area contributed by atoms with Gasteiger partial charge in [-0.1, -0.05) is 49.1 Å². The standard InChI is InChI=1S/C20H22N4O/c1-13-7-9-14(10-8-13)18-23-17-16(11-12-21-19(17)24-18)20(25)22-15-5-3-2-4-6-15/h7-12,15H,2-6H2,1H3,(H,22,25)(H,21,23,24). The van der Waals surface area contributed by atoms with Crippen LogP contribution in [0, 0.1) is 6.92 Å². The molecule has 0 bridgehead atoms. The number of fused-ring (bicyclic) bond motifs is 1. The molecule has 0 aliphatic heterocycles. The molecule has 25 heavy (non-hydrogen) atoms. The second kappa shape index (κ2) is 6.67. The average molecular weight is 334 g/mol. The van der Waals surface area contributed by atoms with Crippen LogP contribution >= 0.6 is 0 Å². The third-order valence-electron chi connectivity index (χ3n) is 4.90. The topological polar surface area (TPSA) is 70.7 Å². The highest BCUT2D eigenvalue weighted by molar-refractivity contribution is 6.04. The minimum atomic E-state index is -0.0431. The van der Waals surface area contributed by atoms with Gasteiger partial charge in [-0.05, 0) is 25.8 Å². The number of rotatable bonds is 3. The quantitative estimate of drug-likeness (QED) is 0.760. The molecule has 0 spiro atoms. The highest BCUT2D eigenvalue weighted by Crippen LogP contribution is 2.23. The third kappa shape index (κ3) is 3.27. The average Bonchev–Trinajstić information content (AvgIpc) is 3.07. The summed E-state index contributed by atoms with van der Waals surface area (Å²) in [5.41, 5.74) is 4.08. The van der Waals surface area contributed by atoms with Crippen molar-refractivity contribution in [2.75, 3.05) is 0 Å². The molecule has 0 unspecified atom stereocenters. The van der Waals surface area contributed by atoms with E-state index in [1.54, 1.807) is 12.3 Å². The van der Waals surface area contributed by atoms with E-state index in [1.807, 2.05) is 24.3 Å². The van der Waals surface area contributed by atoms with Crippen molar-refractivity contribution in [3.05, 3.63) is 47.7 Å². The minimum Gasteiger partial charge on any atom is -0.349 e. The Morgan fingerprint density at radius 1 is 1.12 bits per heavy atom. The Labute approximate surface area is 146 Å². The number of H-pyrrole nitrogens is 1. The van der Waals surface area contributed by atoms with Crippen molar-refractivity contribution in [3.8, 4) is 11.4 Å². The largest absolute Gasteiger partial charge is 0.349 e. The van der Waals surface area contributed by atoms with Crippen molar-refractivity contribution in [2.45, 2.75) is 45.1 Å². The van der Waals surface area contributed by atoms with Gasteiger partial charge in [0, 0.05) is 17.8 Å². The molecule has 0 radical (unpaired) electrons. The Balaban J connectivity index is 1.65. The van der Waals surface area contributed by atoms with E-state index in [4.69, 9.17) is 0 Å². The maximum absolute atomic E-state index is 12.7. The molecule has 1 amide bonds. The lowest BCUT2D eigenvalue weighted by molar-refractivity contribution is 0.0929. The van der Waals surface area contributed by atoms with Crippen LogP contribution in [0.1, 0.15) is 48.0 Å². The van der Waals surface area contributed by atoms with Crippen LogP contribution in [-0.2, 0) is 0 Å². The van der Waals surface area contributed by atoms with Crippen LogP contribution in [0.5, 0.6) is 0 Å². The molecule has 5 heteroatoms. The van der Waals surface area contributed by atoms with Gasteiger partial charge >= 0.3 is 0 Å². The van der Waals surface area contributed by atoms with Gasteiger partial charge in [0.25, 0.3) is 5.91 Å². The first-order chi connectivity index (χ1) is 12.2. The van der Waals surface area contributed by atoms with Crippen LogP contribution in [0.4, 0.5) is 0 Å². The molecule has 1 fully saturated rings. The van der Waals surface area contributed by atoms with Gasteiger partial charge in [-0.25, -0.2) is 9.97 Å². The second-order valence-electron chi connectivity index (χ2n) is 6.82. The fourth-order valence-electron chi connectivity index (χ4n) is 3.46. The zero-order valence-electron chi connectivity index (χ0n) is 14.4. The molecule has 1 saturated carbocycles. The number of nitrogens with one attached hydrogen (secondary N) is 2. The summed E-state index contributed by atoms with van der Waals surface area (Å²) >= 11 is 0. The SMILES string of the molecule is Cc1ccc(-c2nc3nccc(C(=O)NC4CCCCC4)c3[nH]2)cc1. The first-order valence-electron chi connectivity index (χ1n) is 8.93. The molecule has 128 valence electrons. The summed E-state index contributed by atoms with van der Waals surface area (Å²) in [6.45, 7) is 2.05. The number of carbonyl (C=O) groups is 1. The number of aromatic amines is 1. The van der Waals surface area contributed by atoms with Gasteiger partial charge in [-0.3, -0.25) is 4.79 Å². The van der Waals surface area contributed by atoms with Crippen molar-refractivity contribution in [1.29, 1.82) is 0 Å². The summed E-state index contributed by atoms with van der Waals surface area (Å²) in [4.78, 5) is 24.9. The molecule has 2 heterocycles. The number of carbonyl (C=O) groups excluding carboxylic acids is 1. The van der Waals surface area contributed by atoms with E-state index >= 15 is 0 Å². The summed E-state index contributed by atoms with van der Waals surface area (Å²) < 4.78 is 0. The number of imidazole rings is 1. The lowest BCUT2D eigenvalue weighted by atomic mass is 9.95. The summed E-state index contributed by atoms with van der Waals surface area (Å²) in [5.74, 6) is 0.693. The van der Waals surface area contributed by atoms with Crippen molar-refractivity contribution in [3.63, 3.8) is 0 Å². The molecule has 2 N–H and O–H groups in total. The lowest BCUT2D eigenvalue weighted by Gasteiger charge is -2.22. The van der Waals surface area contributed by atoms with E-state index in [2.05, 4.69) is 27.2 Å². The maximum atomic E-state index is 12.7. The van der Waals surface area contributed by atoms with E-state index < -0.39 is 0 Å².